The van der Waals surface area contributed by atoms with E-state index in [1.807, 2.05) is 18.3 Å². The SMILES string of the molecule is CCCc1ccc(C(C)N2CCc3ccc(N(O)SCl)cc3C2)cn1. The molecule has 0 spiro atoms. The first-order valence-electron chi connectivity index (χ1n) is 8.70. The number of rotatable bonds is 6. The first kappa shape index (κ1) is 18.5. The molecule has 6 heteroatoms. The van der Waals surface area contributed by atoms with Crippen LogP contribution in [0, 0.1) is 0 Å². The van der Waals surface area contributed by atoms with E-state index in [-0.39, 0.29) is 0 Å². The fourth-order valence-corrected chi connectivity index (χ4v) is 3.78. The van der Waals surface area contributed by atoms with Crippen molar-refractivity contribution >= 4 is 27.5 Å². The lowest BCUT2D eigenvalue weighted by Gasteiger charge is -2.34. The Morgan fingerprint density at radius 2 is 2.16 bits per heavy atom. The lowest BCUT2D eigenvalue weighted by Crippen LogP contribution is -2.33. The van der Waals surface area contributed by atoms with Gasteiger partial charge in [-0.1, -0.05) is 25.5 Å². The Morgan fingerprint density at radius 3 is 2.84 bits per heavy atom. The fraction of sp³-hybridized carbons (Fsp3) is 0.421. The van der Waals surface area contributed by atoms with Gasteiger partial charge in [-0.05, 0) is 65.3 Å². The van der Waals surface area contributed by atoms with E-state index < -0.39 is 0 Å². The maximum atomic E-state index is 9.80. The highest BCUT2D eigenvalue weighted by molar-refractivity contribution is 8.21. The summed E-state index contributed by atoms with van der Waals surface area (Å²) in [6.45, 7) is 6.30. The topological polar surface area (TPSA) is 39.6 Å². The molecule has 0 bridgehead atoms. The molecule has 0 radical (unpaired) electrons. The van der Waals surface area contributed by atoms with Crippen LogP contribution in [-0.2, 0) is 19.4 Å². The van der Waals surface area contributed by atoms with Gasteiger partial charge in [-0.15, -0.1) is 0 Å². The van der Waals surface area contributed by atoms with Crippen LogP contribution in [-0.4, -0.2) is 21.6 Å². The van der Waals surface area contributed by atoms with E-state index in [0.29, 0.717) is 11.7 Å². The van der Waals surface area contributed by atoms with Gasteiger partial charge in [-0.3, -0.25) is 15.1 Å². The summed E-state index contributed by atoms with van der Waals surface area (Å²) < 4.78 is 0.987. The van der Waals surface area contributed by atoms with E-state index in [0.717, 1.165) is 53.7 Å². The molecule has 0 fully saturated rings. The van der Waals surface area contributed by atoms with E-state index in [9.17, 15) is 5.21 Å². The minimum atomic E-state index is 0.313. The molecular formula is C19H24ClN3OS. The van der Waals surface area contributed by atoms with Gasteiger partial charge in [0.05, 0.1) is 16.8 Å². The summed E-state index contributed by atoms with van der Waals surface area (Å²) in [5, 5.41) is 9.80. The molecule has 0 aliphatic carbocycles. The number of anilines is 1. The largest absolute Gasteiger partial charge is 0.292 e. The summed E-state index contributed by atoms with van der Waals surface area (Å²) >= 11 is 0.777. The monoisotopic (exact) mass is 377 g/mol. The third-order valence-electron chi connectivity index (χ3n) is 4.90. The summed E-state index contributed by atoms with van der Waals surface area (Å²) in [5.41, 5.74) is 5.71. The highest BCUT2D eigenvalue weighted by atomic mass is 35.7. The van der Waals surface area contributed by atoms with Crippen molar-refractivity contribution in [1.29, 1.82) is 0 Å². The summed E-state index contributed by atoms with van der Waals surface area (Å²) in [4.78, 5) is 7.05. The molecule has 0 saturated carbocycles. The van der Waals surface area contributed by atoms with Crippen LogP contribution in [0.1, 0.15) is 48.7 Å². The van der Waals surface area contributed by atoms with Gasteiger partial charge >= 0.3 is 0 Å². The molecule has 2 heterocycles. The zero-order valence-electron chi connectivity index (χ0n) is 14.7. The molecule has 1 N–H and O–H groups in total. The van der Waals surface area contributed by atoms with Gasteiger partial charge in [-0.25, -0.2) is 0 Å². The summed E-state index contributed by atoms with van der Waals surface area (Å²) in [7, 11) is 5.64. The predicted octanol–water partition coefficient (Wildman–Crippen LogP) is 5.15. The lowest BCUT2D eigenvalue weighted by molar-refractivity contribution is 0.192. The van der Waals surface area contributed by atoms with Crippen LogP contribution in [0.15, 0.2) is 36.5 Å². The first-order valence-corrected chi connectivity index (χ1v) is 10.3. The van der Waals surface area contributed by atoms with E-state index in [4.69, 9.17) is 10.7 Å². The van der Waals surface area contributed by atoms with Crippen molar-refractivity contribution in [1.82, 2.24) is 9.88 Å². The van der Waals surface area contributed by atoms with Crippen molar-refractivity contribution in [3.8, 4) is 0 Å². The van der Waals surface area contributed by atoms with Gasteiger partial charge in [0.15, 0.2) is 0 Å². The van der Waals surface area contributed by atoms with E-state index in [1.54, 1.807) is 0 Å². The number of fused-ring (bicyclic) bond motifs is 1. The van der Waals surface area contributed by atoms with Crippen LogP contribution in [0.3, 0.4) is 0 Å². The highest BCUT2D eigenvalue weighted by Gasteiger charge is 2.22. The molecule has 1 atom stereocenters. The molecule has 0 saturated heterocycles. The number of nitrogens with zero attached hydrogens (tertiary/aromatic N) is 3. The average Bonchev–Trinajstić information content (AvgIpc) is 2.66. The second-order valence-corrected chi connectivity index (χ2v) is 7.42. The Hall–Kier alpha value is -1.27. The average molecular weight is 378 g/mol. The Morgan fingerprint density at radius 1 is 1.32 bits per heavy atom. The minimum Gasteiger partial charge on any atom is -0.292 e. The second-order valence-electron chi connectivity index (χ2n) is 6.52. The molecule has 1 aliphatic heterocycles. The molecule has 3 rings (SSSR count). The van der Waals surface area contributed by atoms with E-state index in [1.165, 1.54) is 16.7 Å². The minimum absolute atomic E-state index is 0.313. The molecule has 1 aromatic heterocycles. The maximum absolute atomic E-state index is 9.80. The van der Waals surface area contributed by atoms with E-state index in [2.05, 4.69) is 41.9 Å². The van der Waals surface area contributed by atoms with Gasteiger partial charge in [0.2, 0.25) is 0 Å². The van der Waals surface area contributed by atoms with Crippen LogP contribution >= 0.6 is 21.8 Å². The molecule has 0 amide bonds. The van der Waals surface area contributed by atoms with Crippen LogP contribution < -0.4 is 4.47 Å². The summed E-state index contributed by atoms with van der Waals surface area (Å²) in [6.07, 6.45) is 5.18. The Bertz CT molecular complexity index is 710. The van der Waals surface area contributed by atoms with Crippen LogP contribution in [0.5, 0.6) is 0 Å². The third kappa shape index (κ3) is 4.29. The molecule has 4 nitrogen and oxygen atoms in total. The van der Waals surface area contributed by atoms with Crippen molar-refractivity contribution in [2.45, 2.75) is 45.7 Å². The number of benzene rings is 1. The molecule has 2 aromatic rings. The van der Waals surface area contributed by atoms with Gasteiger partial charge in [-0.2, -0.15) is 4.47 Å². The zero-order chi connectivity index (χ0) is 17.8. The van der Waals surface area contributed by atoms with Crippen LogP contribution in [0.4, 0.5) is 5.69 Å². The molecule has 1 aromatic carbocycles. The van der Waals surface area contributed by atoms with Gasteiger partial charge in [0, 0.05) is 31.0 Å². The normalized spacial score (nSPS) is 15.7. The quantitative estimate of drug-likeness (QED) is 0.556. The Kier molecular flexibility index (Phi) is 6.23. The standard InChI is InChI=1S/C19H24ClN3OS/c1-3-4-18-7-5-16(12-21-18)14(2)22-10-9-15-6-8-19(23(24)25-20)11-17(15)13-22/h5-8,11-12,14,24H,3-4,9-10,13H2,1-2H3. The van der Waals surface area contributed by atoms with Crippen LogP contribution in [0.2, 0.25) is 0 Å². The van der Waals surface area contributed by atoms with Crippen molar-refractivity contribution in [3.05, 3.63) is 58.9 Å². The first-order chi connectivity index (χ1) is 12.1. The van der Waals surface area contributed by atoms with Gasteiger partial charge in [0.25, 0.3) is 0 Å². The van der Waals surface area contributed by atoms with Crippen LogP contribution in [0.25, 0.3) is 0 Å². The number of aryl methyl sites for hydroxylation is 1. The Balaban J connectivity index is 1.74. The number of pyridine rings is 1. The smallest absolute Gasteiger partial charge is 0.0882 e. The third-order valence-corrected chi connectivity index (χ3v) is 5.64. The van der Waals surface area contributed by atoms with Crippen molar-refractivity contribution in [3.63, 3.8) is 0 Å². The highest BCUT2D eigenvalue weighted by Crippen LogP contribution is 2.31. The van der Waals surface area contributed by atoms with Gasteiger partial charge < -0.3 is 0 Å². The molecule has 134 valence electrons. The van der Waals surface area contributed by atoms with Crippen molar-refractivity contribution in [2.75, 3.05) is 11.0 Å². The van der Waals surface area contributed by atoms with Gasteiger partial charge in [0.1, 0.15) is 0 Å². The Labute approximate surface area is 158 Å². The molecular weight excluding hydrogens is 354 g/mol. The maximum Gasteiger partial charge on any atom is 0.0882 e. The number of hydrogen-bond donors (Lipinski definition) is 1. The molecule has 25 heavy (non-hydrogen) atoms. The zero-order valence-corrected chi connectivity index (χ0v) is 16.2. The second kappa shape index (κ2) is 8.41. The summed E-state index contributed by atoms with van der Waals surface area (Å²) in [5.74, 6) is 0. The molecule has 1 aliphatic rings. The van der Waals surface area contributed by atoms with Crippen molar-refractivity contribution in [2.24, 2.45) is 0 Å². The number of hydrogen-bond acceptors (Lipinski definition) is 5. The lowest BCUT2D eigenvalue weighted by atomic mass is 9.96. The number of halogens is 1. The predicted molar refractivity (Wildman–Crippen MR) is 105 cm³/mol. The summed E-state index contributed by atoms with van der Waals surface area (Å²) in [6, 6.07) is 10.7. The van der Waals surface area contributed by atoms with E-state index >= 15 is 0 Å². The number of aromatic nitrogens is 1. The fourth-order valence-electron chi connectivity index (χ4n) is 3.35. The molecule has 1 unspecified atom stereocenters. The van der Waals surface area contributed by atoms with Crippen molar-refractivity contribution < 1.29 is 5.21 Å².